The largest absolute Gasteiger partial charge is 0.493 e. The number of ether oxygens (including phenoxy) is 2. The molecule has 8 heteroatoms. The summed E-state index contributed by atoms with van der Waals surface area (Å²) in [5.41, 5.74) is 2.11. The number of benzene rings is 2. The van der Waals surface area contributed by atoms with Crippen LogP contribution < -0.4 is 26.3 Å². The number of nitrogens with zero attached hydrogens (tertiary/aromatic N) is 1. The first-order chi connectivity index (χ1) is 14.0. The fourth-order valence-electron chi connectivity index (χ4n) is 2.75. The Morgan fingerprint density at radius 2 is 1.79 bits per heavy atom. The molecule has 0 saturated carbocycles. The molecule has 0 saturated heterocycles. The van der Waals surface area contributed by atoms with Gasteiger partial charge in [0.25, 0.3) is 0 Å². The van der Waals surface area contributed by atoms with Gasteiger partial charge >= 0.3 is 5.97 Å². The highest BCUT2D eigenvalue weighted by molar-refractivity contribution is 5.70. The van der Waals surface area contributed by atoms with Crippen LogP contribution in [-0.4, -0.2) is 24.3 Å². The van der Waals surface area contributed by atoms with E-state index in [1.54, 1.807) is 42.7 Å². The van der Waals surface area contributed by atoms with Gasteiger partial charge in [-0.3, -0.25) is 4.79 Å². The first-order valence-electron chi connectivity index (χ1n) is 9.07. The molecule has 1 aromatic heterocycles. The minimum atomic E-state index is -0.860. The zero-order valence-corrected chi connectivity index (χ0v) is 15.8. The van der Waals surface area contributed by atoms with Crippen LogP contribution in [-0.2, 0) is 11.2 Å². The van der Waals surface area contributed by atoms with Crippen LogP contribution in [0.25, 0.3) is 11.3 Å². The maximum absolute atomic E-state index is 10.7. The fraction of sp³-hybridized carbons (Fsp3) is 0.190. The smallest absolute Gasteiger partial charge is 0.307 e. The molecule has 0 amide bonds. The summed E-state index contributed by atoms with van der Waals surface area (Å²) in [7, 11) is 0. The third-order valence-corrected chi connectivity index (χ3v) is 4.14. The number of rotatable bonds is 10. The summed E-state index contributed by atoms with van der Waals surface area (Å²) in [4.78, 5) is 10.7. The van der Waals surface area contributed by atoms with Gasteiger partial charge in [0.2, 0.25) is 0 Å². The average molecular weight is 397 g/mol. The van der Waals surface area contributed by atoms with Crippen LogP contribution in [0.3, 0.4) is 0 Å². The highest BCUT2D eigenvalue weighted by Crippen LogP contribution is 2.31. The van der Waals surface area contributed by atoms with Crippen molar-refractivity contribution in [3.8, 4) is 22.8 Å². The molecule has 0 spiro atoms. The van der Waals surface area contributed by atoms with E-state index in [0.29, 0.717) is 42.6 Å². The predicted molar refractivity (Wildman–Crippen MR) is 108 cm³/mol. The number of hydrazine groups is 2. The Kier molecular flexibility index (Phi) is 6.72. The van der Waals surface area contributed by atoms with Gasteiger partial charge < -0.3 is 19.0 Å². The van der Waals surface area contributed by atoms with Crippen molar-refractivity contribution < 1.29 is 23.8 Å². The van der Waals surface area contributed by atoms with Gasteiger partial charge in [0.15, 0.2) is 0 Å². The molecule has 0 aliphatic rings. The number of carbonyl (C=O) groups is 1. The van der Waals surface area contributed by atoms with Gasteiger partial charge in [-0.15, -0.1) is 0 Å². The molecule has 0 aliphatic heterocycles. The Bertz CT molecular complexity index is 924. The number of carboxylic acid groups (broad SMARTS) is 1. The number of nitrogens with two attached hydrogens (primary N) is 2. The highest BCUT2D eigenvalue weighted by Gasteiger charge is 2.11. The molecule has 0 fully saturated rings. The summed E-state index contributed by atoms with van der Waals surface area (Å²) in [6.07, 6.45) is 2.24. The summed E-state index contributed by atoms with van der Waals surface area (Å²) in [5, 5.41) is 9.79. The first kappa shape index (κ1) is 20.2. The Morgan fingerprint density at radius 1 is 1.03 bits per heavy atom. The number of hydrogen-bond donors (Lipinski definition) is 3. The minimum absolute atomic E-state index is 0.00549. The van der Waals surface area contributed by atoms with E-state index in [1.807, 2.05) is 18.2 Å². The summed E-state index contributed by atoms with van der Waals surface area (Å²) in [6.45, 7) is 0.866. The maximum atomic E-state index is 10.7. The summed E-state index contributed by atoms with van der Waals surface area (Å²) < 4.78 is 16.8. The Balaban J connectivity index is 1.49. The standard InChI is InChI=1S/C21H23N3O5/c22-24(23)18-14-16(19-3-1-10-28-19)6-9-20(18)29-12-2-11-27-17-7-4-15(5-8-17)13-21(25)26/h1,3-10,14H,2,11-13,22-23H2,(H,25,26). The molecule has 8 nitrogen and oxygen atoms in total. The molecule has 0 atom stereocenters. The van der Waals surface area contributed by atoms with Gasteiger partial charge in [0.1, 0.15) is 22.9 Å². The lowest BCUT2D eigenvalue weighted by molar-refractivity contribution is -0.136. The van der Waals surface area contributed by atoms with Crippen LogP contribution in [0.1, 0.15) is 12.0 Å². The van der Waals surface area contributed by atoms with E-state index in [0.717, 1.165) is 16.2 Å². The molecule has 0 aliphatic carbocycles. The lowest BCUT2D eigenvalue weighted by Gasteiger charge is -2.18. The van der Waals surface area contributed by atoms with E-state index in [2.05, 4.69) is 0 Å². The predicted octanol–water partition coefficient (Wildman–Crippen LogP) is 2.98. The normalized spacial score (nSPS) is 10.6. The van der Waals surface area contributed by atoms with Gasteiger partial charge in [0, 0.05) is 12.0 Å². The molecule has 0 bridgehead atoms. The maximum Gasteiger partial charge on any atom is 0.307 e. The Labute approximate surface area is 168 Å². The number of aliphatic carboxylic acids is 1. The molecule has 5 N–H and O–H groups in total. The zero-order chi connectivity index (χ0) is 20.6. The molecular formula is C21H23N3O5. The molecule has 3 rings (SSSR count). The Hall–Kier alpha value is -3.49. The second kappa shape index (κ2) is 9.63. The third kappa shape index (κ3) is 5.74. The SMILES string of the molecule is NN(N)c1cc(-c2ccco2)ccc1OCCCOc1ccc(CC(=O)O)cc1. The van der Waals surface area contributed by atoms with Crippen molar-refractivity contribution >= 4 is 11.7 Å². The molecule has 152 valence electrons. The van der Waals surface area contributed by atoms with Gasteiger partial charge in [-0.05, 0) is 48.0 Å². The quantitative estimate of drug-likeness (QED) is 0.271. The summed E-state index contributed by atoms with van der Waals surface area (Å²) in [6, 6.07) is 16.1. The molecule has 2 aromatic carbocycles. The lowest BCUT2D eigenvalue weighted by Crippen LogP contribution is -2.38. The van der Waals surface area contributed by atoms with Crippen LogP contribution in [0.4, 0.5) is 5.69 Å². The van der Waals surface area contributed by atoms with E-state index >= 15 is 0 Å². The van der Waals surface area contributed by atoms with Crippen molar-refractivity contribution in [2.24, 2.45) is 11.7 Å². The van der Waals surface area contributed by atoms with E-state index in [9.17, 15) is 4.79 Å². The second-order valence-electron chi connectivity index (χ2n) is 6.33. The molecule has 0 radical (unpaired) electrons. The van der Waals surface area contributed by atoms with Gasteiger partial charge in [-0.1, -0.05) is 12.1 Å². The third-order valence-electron chi connectivity index (χ3n) is 4.14. The van der Waals surface area contributed by atoms with Crippen molar-refractivity contribution in [1.82, 2.24) is 0 Å². The van der Waals surface area contributed by atoms with E-state index < -0.39 is 5.97 Å². The monoisotopic (exact) mass is 397 g/mol. The average Bonchev–Trinajstić information content (AvgIpc) is 3.23. The van der Waals surface area contributed by atoms with Crippen LogP contribution >= 0.6 is 0 Å². The van der Waals surface area contributed by atoms with Crippen LogP contribution in [0.5, 0.6) is 11.5 Å². The van der Waals surface area contributed by atoms with Crippen LogP contribution in [0.15, 0.2) is 65.3 Å². The van der Waals surface area contributed by atoms with Crippen LogP contribution in [0.2, 0.25) is 0 Å². The van der Waals surface area contributed by atoms with Crippen molar-refractivity contribution in [3.05, 3.63) is 66.4 Å². The van der Waals surface area contributed by atoms with Gasteiger partial charge in [-0.2, -0.15) is 0 Å². The van der Waals surface area contributed by atoms with E-state index in [4.69, 9.17) is 30.7 Å². The Morgan fingerprint density at radius 3 is 2.45 bits per heavy atom. The van der Waals surface area contributed by atoms with E-state index in [-0.39, 0.29) is 6.42 Å². The van der Waals surface area contributed by atoms with Crippen LogP contribution in [0, 0.1) is 0 Å². The summed E-state index contributed by atoms with van der Waals surface area (Å²) >= 11 is 0. The van der Waals surface area contributed by atoms with Crippen molar-refractivity contribution in [1.29, 1.82) is 0 Å². The molecule has 29 heavy (non-hydrogen) atoms. The van der Waals surface area contributed by atoms with Gasteiger partial charge in [-0.25, -0.2) is 16.8 Å². The lowest BCUT2D eigenvalue weighted by atomic mass is 10.1. The van der Waals surface area contributed by atoms with Crippen molar-refractivity contribution in [2.75, 3.05) is 18.3 Å². The fourth-order valence-corrected chi connectivity index (χ4v) is 2.75. The van der Waals surface area contributed by atoms with E-state index in [1.165, 1.54) is 0 Å². The molecule has 1 heterocycles. The first-order valence-corrected chi connectivity index (χ1v) is 9.07. The number of hydrogen-bond acceptors (Lipinski definition) is 7. The van der Waals surface area contributed by atoms with Gasteiger partial charge in [0.05, 0.1) is 25.9 Å². The number of anilines is 1. The highest BCUT2D eigenvalue weighted by atomic mass is 16.5. The summed E-state index contributed by atoms with van der Waals surface area (Å²) in [5.74, 6) is 12.5. The zero-order valence-electron chi connectivity index (χ0n) is 15.8. The molecular weight excluding hydrogens is 374 g/mol. The number of carboxylic acids is 1. The topological polar surface area (TPSA) is 124 Å². The number of furan rings is 1. The second-order valence-corrected chi connectivity index (χ2v) is 6.33. The molecule has 3 aromatic rings. The minimum Gasteiger partial charge on any atom is -0.493 e. The van der Waals surface area contributed by atoms with Crippen molar-refractivity contribution in [2.45, 2.75) is 12.8 Å². The molecule has 0 unspecified atom stereocenters. The van der Waals surface area contributed by atoms with Crippen molar-refractivity contribution in [3.63, 3.8) is 0 Å².